The van der Waals surface area contributed by atoms with Gasteiger partial charge >= 0.3 is 6.03 Å². The van der Waals surface area contributed by atoms with Gasteiger partial charge in [0.25, 0.3) is 0 Å². The summed E-state index contributed by atoms with van der Waals surface area (Å²) < 4.78 is 0. The van der Waals surface area contributed by atoms with Gasteiger partial charge in [0.1, 0.15) is 0 Å². The molecule has 0 spiro atoms. The molecule has 1 heterocycles. The fraction of sp³-hybridized carbons (Fsp3) is 0.300. The Hall–Kier alpha value is -2.82. The number of nitrogens with one attached hydrogen (secondary N) is 3. The van der Waals surface area contributed by atoms with Crippen molar-refractivity contribution in [3.8, 4) is 0 Å². The molecule has 5 nitrogen and oxygen atoms in total. The highest BCUT2D eigenvalue weighted by Crippen LogP contribution is 2.24. The molecule has 2 aromatic carbocycles. The number of amides is 2. The van der Waals surface area contributed by atoms with Crippen LogP contribution in [0.25, 0.3) is 10.9 Å². The van der Waals surface area contributed by atoms with Gasteiger partial charge in [-0.25, -0.2) is 4.79 Å². The first kappa shape index (κ1) is 17.0. The van der Waals surface area contributed by atoms with Crippen LogP contribution in [0.1, 0.15) is 37.5 Å². The Balaban J connectivity index is 1.63. The van der Waals surface area contributed by atoms with Crippen molar-refractivity contribution in [3.63, 3.8) is 0 Å². The summed E-state index contributed by atoms with van der Waals surface area (Å²) in [6, 6.07) is 12.0. The van der Waals surface area contributed by atoms with Gasteiger partial charge in [-0.3, -0.25) is 5.10 Å². The van der Waals surface area contributed by atoms with Crippen molar-refractivity contribution in [2.24, 2.45) is 0 Å². The quantitative estimate of drug-likeness (QED) is 0.659. The molecule has 25 heavy (non-hydrogen) atoms. The summed E-state index contributed by atoms with van der Waals surface area (Å²) in [6.45, 7) is 9.05. The van der Waals surface area contributed by atoms with E-state index in [-0.39, 0.29) is 11.4 Å². The van der Waals surface area contributed by atoms with E-state index in [0.29, 0.717) is 6.54 Å². The van der Waals surface area contributed by atoms with Crippen LogP contribution in [0.2, 0.25) is 0 Å². The summed E-state index contributed by atoms with van der Waals surface area (Å²) in [5.74, 6) is 0. The minimum absolute atomic E-state index is 0.130. The van der Waals surface area contributed by atoms with Crippen molar-refractivity contribution in [1.29, 1.82) is 0 Å². The molecule has 0 radical (unpaired) electrons. The number of carbonyl (C=O) groups excluding carboxylic acids is 1. The minimum atomic E-state index is -0.230. The Bertz CT molecular complexity index is 888. The third-order valence-corrected chi connectivity index (χ3v) is 4.35. The first-order valence-electron chi connectivity index (χ1n) is 8.41. The summed E-state index contributed by atoms with van der Waals surface area (Å²) in [7, 11) is 0. The highest BCUT2D eigenvalue weighted by Gasteiger charge is 2.13. The monoisotopic (exact) mass is 336 g/mol. The van der Waals surface area contributed by atoms with Crippen LogP contribution in [-0.4, -0.2) is 16.2 Å². The zero-order valence-corrected chi connectivity index (χ0v) is 15.1. The van der Waals surface area contributed by atoms with Crippen LogP contribution in [0, 0.1) is 6.92 Å². The summed E-state index contributed by atoms with van der Waals surface area (Å²) in [5, 5.41) is 13.7. The molecule has 0 aliphatic carbocycles. The molecule has 0 atom stereocenters. The topological polar surface area (TPSA) is 69.8 Å². The summed E-state index contributed by atoms with van der Waals surface area (Å²) in [5.41, 5.74) is 5.26. The normalized spacial score (nSPS) is 11.5. The number of hydrogen-bond acceptors (Lipinski definition) is 2. The van der Waals surface area contributed by atoms with Gasteiger partial charge in [-0.15, -0.1) is 0 Å². The third-order valence-electron chi connectivity index (χ3n) is 4.35. The SMILES string of the molecule is Cc1ccc(NC(=O)NCc2ccc(C(C)(C)C)cc2)c2cn[nH]c12. The molecule has 0 fully saturated rings. The molecule has 3 N–H and O–H groups in total. The highest BCUT2D eigenvalue weighted by molar-refractivity contribution is 6.01. The first-order chi connectivity index (χ1) is 11.8. The van der Waals surface area contributed by atoms with Crippen molar-refractivity contribution < 1.29 is 4.79 Å². The van der Waals surface area contributed by atoms with Crippen LogP contribution in [0.15, 0.2) is 42.6 Å². The predicted octanol–water partition coefficient (Wildman–Crippen LogP) is 4.49. The van der Waals surface area contributed by atoms with Crippen LogP contribution < -0.4 is 10.6 Å². The Morgan fingerprint density at radius 1 is 1.12 bits per heavy atom. The maximum atomic E-state index is 12.2. The molecule has 0 aliphatic rings. The molecule has 3 aromatic rings. The van der Waals surface area contributed by atoms with Crippen LogP contribution in [-0.2, 0) is 12.0 Å². The predicted molar refractivity (Wildman–Crippen MR) is 102 cm³/mol. The van der Waals surface area contributed by atoms with E-state index < -0.39 is 0 Å². The molecular weight excluding hydrogens is 312 g/mol. The molecule has 0 saturated heterocycles. The van der Waals surface area contributed by atoms with Gasteiger partial charge in [-0.1, -0.05) is 51.1 Å². The first-order valence-corrected chi connectivity index (χ1v) is 8.41. The van der Waals surface area contributed by atoms with Gasteiger partial charge < -0.3 is 10.6 Å². The van der Waals surface area contributed by atoms with Crippen molar-refractivity contribution >= 4 is 22.6 Å². The molecule has 1 aromatic heterocycles. The number of urea groups is 1. The van der Waals surface area contributed by atoms with Gasteiger partial charge in [-0.2, -0.15) is 5.10 Å². The molecule has 0 bridgehead atoms. The number of H-pyrrole nitrogens is 1. The van der Waals surface area contributed by atoms with Crippen molar-refractivity contribution in [2.75, 3.05) is 5.32 Å². The van der Waals surface area contributed by atoms with Crippen LogP contribution in [0.5, 0.6) is 0 Å². The van der Waals surface area contributed by atoms with E-state index in [1.165, 1.54) is 5.56 Å². The fourth-order valence-corrected chi connectivity index (χ4v) is 2.75. The van der Waals surface area contributed by atoms with Crippen LogP contribution in [0.4, 0.5) is 10.5 Å². The Labute approximate surface area is 147 Å². The van der Waals surface area contributed by atoms with Gasteiger partial charge in [0, 0.05) is 11.9 Å². The van der Waals surface area contributed by atoms with Gasteiger partial charge in [-0.05, 0) is 35.1 Å². The number of aryl methyl sites for hydroxylation is 1. The molecule has 130 valence electrons. The number of carbonyl (C=O) groups is 1. The number of benzene rings is 2. The Morgan fingerprint density at radius 2 is 1.84 bits per heavy atom. The van der Waals surface area contributed by atoms with E-state index in [9.17, 15) is 4.79 Å². The number of anilines is 1. The molecule has 0 aliphatic heterocycles. The van der Waals surface area contributed by atoms with Gasteiger partial charge in [0.2, 0.25) is 0 Å². The summed E-state index contributed by atoms with van der Waals surface area (Å²) >= 11 is 0. The Kier molecular flexibility index (Phi) is 4.49. The molecule has 0 saturated carbocycles. The number of aromatic nitrogens is 2. The lowest BCUT2D eigenvalue weighted by molar-refractivity contribution is 0.252. The van der Waals surface area contributed by atoms with E-state index in [4.69, 9.17) is 0 Å². The lowest BCUT2D eigenvalue weighted by Crippen LogP contribution is -2.28. The lowest BCUT2D eigenvalue weighted by atomic mass is 9.87. The lowest BCUT2D eigenvalue weighted by Gasteiger charge is -2.19. The van der Waals surface area contributed by atoms with Crippen LogP contribution in [0.3, 0.4) is 0 Å². The van der Waals surface area contributed by atoms with E-state index in [1.54, 1.807) is 6.20 Å². The number of rotatable bonds is 3. The molecule has 5 heteroatoms. The zero-order valence-electron chi connectivity index (χ0n) is 15.1. The summed E-state index contributed by atoms with van der Waals surface area (Å²) in [6.07, 6.45) is 1.73. The number of hydrogen-bond donors (Lipinski definition) is 3. The van der Waals surface area contributed by atoms with E-state index in [0.717, 1.165) is 27.7 Å². The molecule has 0 unspecified atom stereocenters. The van der Waals surface area contributed by atoms with Gasteiger partial charge in [0.15, 0.2) is 0 Å². The third kappa shape index (κ3) is 3.82. The second-order valence-corrected chi connectivity index (χ2v) is 7.34. The largest absolute Gasteiger partial charge is 0.334 e. The van der Waals surface area contributed by atoms with Crippen molar-refractivity contribution in [3.05, 3.63) is 59.3 Å². The maximum absolute atomic E-state index is 12.2. The van der Waals surface area contributed by atoms with E-state index >= 15 is 0 Å². The van der Waals surface area contributed by atoms with Crippen molar-refractivity contribution in [2.45, 2.75) is 39.7 Å². The van der Waals surface area contributed by atoms with Crippen LogP contribution >= 0.6 is 0 Å². The Morgan fingerprint density at radius 3 is 2.52 bits per heavy atom. The minimum Gasteiger partial charge on any atom is -0.334 e. The smallest absolute Gasteiger partial charge is 0.319 e. The second-order valence-electron chi connectivity index (χ2n) is 7.34. The second kappa shape index (κ2) is 6.59. The van der Waals surface area contributed by atoms with Gasteiger partial charge in [0.05, 0.1) is 17.4 Å². The average Bonchev–Trinajstić information content (AvgIpc) is 3.06. The number of aromatic amines is 1. The number of fused-ring (bicyclic) bond motifs is 1. The van der Waals surface area contributed by atoms with E-state index in [1.807, 2.05) is 19.1 Å². The average molecular weight is 336 g/mol. The molecule has 2 amide bonds. The standard InChI is InChI=1S/C20H24N4O/c1-13-5-10-17(16-12-22-24-18(13)16)23-19(25)21-11-14-6-8-15(9-7-14)20(2,3)4/h5-10,12H,11H2,1-4H3,(H,22,24)(H2,21,23,25). The highest BCUT2D eigenvalue weighted by atomic mass is 16.2. The molecular formula is C20H24N4O. The van der Waals surface area contributed by atoms with Crippen molar-refractivity contribution in [1.82, 2.24) is 15.5 Å². The number of nitrogens with zero attached hydrogens (tertiary/aromatic N) is 1. The summed E-state index contributed by atoms with van der Waals surface area (Å²) in [4.78, 5) is 12.2. The zero-order chi connectivity index (χ0) is 18.0. The van der Waals surface area contributed by atoms with E-state index in [2.05, 4.69) is 65.9 Å². The fourth-order valence-electron chi connectivity index (χ4n) is 2.75. The molecule has 3 rings (SSSR count). The maximum Gasteiger partial charge on any atom is 0.319 e.